The molecular weight excluding hydrogens is 167 g/mol. The third-order valence-electron chi connectivity index (χ3n) is 0. The van der Waals surface area contributed by atoms with Gasteiger partial charge in [0.1, 0.15) is 0 Å². The summed E-state index contributed by atoms with van der Waals surface area (Å²) >= 11 is 0. The van der Waals surface area contributed by atoms with E-state index in [9.17, 15) is 0 Å². The van der Waals surface area contributed by atoms with Crippen LogP contribution in [0.5, 0.6) is 0 Å². The summed E-state index contributed by atoms with van der Waals surface area (Å²) in [6.45, 7) is 0. The number of hydrogen-bond acceptors (Lipinski definition) is 1. The molecule has 0 aromatic carbocycles. The molecule has 0 spiro atoms. The molecule has 0 unspecified atom stereocenters. The summed E-state index contributed by atoms with van der Waals surface area (Å²) < 4.78 is 8.74. The van der Waals surface area contributed by atoms with Crippen molar-refractivity contribution in [3.63, 3.8) is 0 Å². The molecule has 0 fully saturated rings. The summed E-state index contributed by atoms with van der Waals surface area (Å²) in [6.07, 6.45) is 0. The minimum Gasteiger partial charge on any atom is -1.00 e. The van der Waals surface area contributed by atoms with Gasteiger partial charge in [-0.1, -0.05) is 0 Å². The van der Waals surface area contributed by atoms with Crippen molar-refractivity contribution in [3.05, 3.63) is 0 Å². The second-order valence-corrected chi connectivity index (χ2v) is 0.848. The van der Waals surface area contributed by atoms with Gasteiger partial charge in [-0.05, 0) is 0 Å². The zero-order valence-electron chi connectivity index (χ0n) is 5.01. The summed E-state index contributed by atoms with van der Waals surface area (Å²) in [5, 5.41) is 0. The van der Waals surface area contributed by atoms with Gasteiger partial charge in [0.2, 0.25) is 0 Å². The molecule has 0 aliphatic heterocycles. The molecule has 0 aromatic rings. The van der Waals surface area contributed by atoms with Crippen LogP contribution in [0.15, 0.2) is 0 Å². The smallest absolute Gasteiger partial charge is 1.00 e. The molecular formula is H5CaO3PTi. The third kappa shape index (κ3) is 35.6. The van der Waals surface area contributed by atoms with E-state index in [4.69, 9.17) is 14.4 Å². The van der Waals surface area contributed by atoms with Gasteiger partial charge in [-0.2, -0.15) is 0 Å². The van der Waals surface area contributed by atoms with Crippen LogP contribution in [0.4, 0.5) is 0 Å². The van der Waals surface area contributed by atoms with Gasteiger partial charge in [0.25, 0.3) is 0 Å². The summed E-state index contributed by atoms with van der Waals surface area (Å²) in [7, 11) is -3.13. The van der Waals surface area contributed by atoms with Crippen molar-refractivity contribution < 1.29 is 38.9 Å². The predicted octanol–water partition coefficient (Wildman–Crippen LogP) is -0.798. The molecule has 0 aliphatic rings. The molecule has 2 N–H and O–H groups in total. The maximum absolute atomic E-state index is 8.74. The van der Waals surface area contributed by atoms with Gasteiger partial charge in [-0.15, -0.1) is 0 Å². The Morgan fingerprint density at radius 3 is 1.50 bits per heavy atom. The first-order valence-corrected chi connectivity index (χ1v) is 1.95. The van der Waals surface area contributed by atoms with Gasteiger partial charge in [-0.3, -0.25) is 4.57 Å². The van der Waals surface area contributed by atoms with E-state index in [2.05, 4.69) is 0 Å². The SMILES string of the molecule is O=[PH](O)O.[Ca+2].[H-].[H-].[Ti]. The minimum absolute atomic E-state index is 0. The molecule has 3 nitrogen and oxygen atoms in total. The van der Waals surface area contributed by atoms with Crippen molar-refractivity contribution in [2.75, 3.05) is 0 Å². The Morgan fingerprint density at radius 2 is 1.50 bits per heavy atom. The summed E-state index contributed by atoms with van der Waals surface area (Å²) in [5.41, 5.74) is 0. The van der Waals surface area contributed by atoms with Crippen molar-refractivity contribution >= 4 is 46.0 Å². The normalized spacial score (nSPS) is 5.83. The molecule has 34 valence electrons. The van der Waals surface area contributed by atoms with E-state index >= 15 is 0 Å². The van der Waals surface area contributed by atoms with E-state index in [1.54, 1.807) is 0 Å². The zero-order valence-corrected chi connectivity index (χ0v) is 7.78. The van der Waals surface area contributed by atoms with Crippen LogP contribution in [0.2, 0.25) is 0 Å². The van der Waals surface area contributed by atoms with Gasteiger partial charge >= 0.3 is 46.0 Å². The first kappa shape index (κ1) is 15.7. The van der Waals surface area contributed by atoms with Crippen LogP contribution in [0.3, 0.4) is 0 Å². The molecule has 0 saturated carbocycles. The molecule has 0 aliphatic carbocycles. The first-order valence-electron chi connectivity index (χ1n) is 0.651. The molecule has 0 saturated heterocycles. The van der Waals surface area contributed by atoms with Gasteiger partial charge < -0.3 is 12.6 Å². The Labute approximate surface area is 83.9 Å². The van der Waals surface area contributed by atoms with Crippen molar-refractivity contribution in [2.24, 2.45) is 0 Å². The van der Waals surface area contributed by atoms with Crippen LogP contribution in [-0.2, 0) is 26.3 Å². The van der Waals surface area contributed by atoms with Crippen molar-refractivity contribution in [3.8, 4) is 0 Å². The predicted molar refractivity (Wildman–Crippen MR) is 21.4 cm³/mol. The first-order chi connectivity index (χ1) is 1.73. The topological polar surface area (TPSA) is 57.5 Å². The maximum atomic E-state index is 8.74. The van der Waals surface area contributed by atoms with Gasteiger partial charge in [0, 0.05) is 21.7 Å². The second kappa shape index (κ2) is 10.2. The fourth-order valence-electron chi connectivity index (χ4n) is 0. The number of rotatable bonds is 0. The molecule has 0 radical (unpaired) electrons. The van der Waals surface area contributed by atoms with E-state index in [0.29, 0.717) is 0 Å². The summed E-state index contributed by atoms with van der Waals surface area (Å²) in [5.74, 6) is 0. The van der Waals surface area contributed by atoms with Crippen LogP contribution in [-0.4, -0.2) is 47.5 Å². The molecule has 6 heteroatoms. The van der Waals surface area contributed by atoms with E-state index in [1.807, 2.05) is 0 Å². The fourth-order valence-corrected chi connectivity index (χ4v) is 0. The van der Waals surface area contributed by atoms with Gasteiger partial charge in [-0.25, -0.2) is 0 Å². The summed E-state index contributed by atoms with van der Waals surface area (Å²) in [6, 6.07) is 0. The van der Waals surface area contributed by atoms with Crippen molar-refractivity contribution in [1.29, 1.82) is 0 Å². The van der Waals surface area contributed by atoms with E-state index < -0.39 is 8.25 Å². The molecule has 6 heavy (non-hydrogen) atoms. The molecule has 0 amide bonds. The monoisotopic (exact) mass is 172 g/mol. The average Bonchev–Trinajstić information content (AvgIpc) is 0.811. The Kier molecular flexibility index (Phi) is 26.6. The fraction of sp³-hybridized carbons (Fsp3) is 0. The molecule has 0 heterocycles. The average molecular weight is 172 g/mol. The quantitative estimate of drug-likeness (QED) is 0.371. The zero-order chi connectivity index (χ0) is 3.58. The van der Waals surface area contributed by atoms with E-state index in [1.165, 1.54) is 0 Å². The van der Waals surface area contributed by atoms with Crippen LogP contribution >= 0.6 is 8.25 Å². The molecule has 0 aromatic heterocycles. The molecule has 0 rings (SSSR count). The van der Waals surface area contributed by atoms with Gasteiger partial charge in [0.05, 0.1) is 0 Å². The third-order valence-corrected chi connectivity index (χ3v) is 0. The van der Waals surface area contributed by atoms with Crippen molar-refractivity contribution in [2.45, 2.75) is 0 Å². The molecule has 0 atom stereocenters. The Balaban J connectivity index is -0.00000000750. The minimum atomic E-state index is -3.13. The maximum Gasteiger partial charge on any atom is 2.00 e. The number of hydrogen-bond donors (Lipinski definition) is 2. The van der Waals surface area contributed by atoms with Gasteiger partial charge in [0.15, 0.2) is 0 Å². The van der Waals surface area contributed by atoms with E-state index in [0.717, 1.165) is 0 Å². The largest absolute Gasteiger partial charge is 2.00 e. The Hall–Kier alpha value is 2.12. The van der Waals surface area contributed by atoms with Crippen LogP contribution in [0.25, 0.3) is 0 Å². The Bertz CT molecular complexity index is 40.3. The summed E-state index contributed by atoms with van der Waals surface area (Å²) in [4.78, 5) is 14.3. The van der Waals surface area contributed by atoms with Crippen LogP contribution in [0.1, 0.15) is 2.85 Å². The van der Waals surface area contributed by atoms with Crippen LogP contribution < -0.4 is 0 Å². The van der Waals surface area contributed by atoms with E-state index in [-0.39, 0.29) is 62.3 Å². The second-order valence-electron chi connectivity index (χ2n) is 0.283. The van der Waals surface area contributed by atoms with Crippen molar-refractivity contribution in [1.82, 2.24) is 0 Å². The van der Waals surface area contributed by atoms with Crippen LogP contribution in [0, 0.1) is 0 Å². The molecule has 0 bridgehead atoms. The standard InChI is InChI=1S/Ca.H3O3P.Ti.2H/c;1-4(2)3;;;/h;4H,(H2,1,2,3);;;/q+2;;;2*-1. The Morgan fingerprint density at radius 1 is 1.50 bits per heavy atom.